The molecule has 0 radical (unpaired) electrons. The second kappa shape index (κ2) is 11.9. The van der Waals surface area contributed by atoms with E-state index in [1.807, 2.05) is 11.8 Å². The highest BCUT2D eigenvalue weighted by Crippen LogP contribution is 2.45. The number of likely N-dealkylation sites (tertiary alicyclic amines) is 1. The van der Waals surface area contributed by atoms with Crippen molar-refractivity contribution < 1.29 is 23.0 Å². The van der Waals surface area contributed by atoms with E-state index in [2.05, 4.69) is 22.9 Å². The van der Waals surface area contributed by atoms with Gasteiger partial charge in [-0.25, -0.2) is 8.78 Å². The number of benzene rings is 2. The van der Waals surface area contributed by atoms with Crippen molar-refractivity contribution in [3.05, 3.63) is 59.7 Å². The Hall–Kier alpha value is -4.01. The van der Waals surface area contributed by atoms with Crippen LogP contribution in [0.5, 0.6) is 5.75 Å². The summed E-state index contributed by atoms with van der Waals surface area (Å²) >= 11 is 0. The van der Waals surface area contributed by atoms with E-state index in [1.54, 1.807) is 11.0 Å². The first-order valence-electron chi connectivity index (χ1n) is 14.9. The molecular formula is C32H36F2N6O3. The zero-order chi connectivity index (χ0) is 30.2. The van der Waals surface area contributed by atoms with E-state index in [9.17, 15) is 19.9 Å². The monoisotopic (exact) mass is 590 g/mol. The molecule has 4 aliphatic heterocycles. The maximum atomic E-state index is 15.1. The molecule has 0 unspecified atom stereocenters. The van der Waals surface area contributed by atoms with Gasteiger partial charge in [-0.15, -0.1) is 0 Å². The largest absolute Gasteiger partial charge is 0.489 e. The molecule has 11 heteroatoms. The summed E-state index contributed by atoms with van der Waals surface area (Å²) in [7, 11) is 0. The van der Waals surface area contributed by atoms with Gasteiger partial charge in [-0.2, -0.15) is 5.26 Å². The smallest absolute Gasteiger partial charge is 0.246 e. The van der Waals surface area contributed by atoms with Crippen molar-refractivity contribution >= 4 is 17.4 Å². The normalized spacial score (nSPS) is 24.6. The maximum Gasteiger partial charge on any atom is 0.246 e. The van der Waals surface area contributed by atoms with Crippen LogP contribution in [0.25, 0.3) is 11.1 Å². The number of fused-ring (bicyclic) bond motifs is 3. The standard InChI is InChI=1S/C32H36F2N6O3/c1-3-28(41)39-9-10-40(19(2)15-39)32(36)26-11-20(14-35)29(25-7-6-21(33)12-27(25)34)31-30(26)37-22(17-43-31)5-4-8-38-16-24-13-23(38)18-42-24/h3,6-7,11-12,19,22-24,36-37H,1,4-5,8-10,13,15-18H2,2H3/t19-,22+,23-,24-/m0/s1. The average molecular weight is 591 g/mol. The topological polar surface area (TPSA) is 105 Å². The SMILES string of the molecule is C=CC(=O)N1CCN(C(=N)c2cc(C#N)c(-c3ccc(F)cc3F)c3c2N[C@H](CCCN2C[C@@H]4C[C@H]2CO4)CO3)[C@@H](C)C1. The van der Waals surface area contributed by atoms with Gasteiger partial charge in [-0.1, -0.05) is 6.58 Å². The second-order valence-corrected chi connectivity index (χ2v) is 11.8. The number of nitrogens with one attached hydrogen (secondary N) is 2. The number of rotatable bonds is 7. The van der Waals surface area contributed by atoms with Crippen LogP contribution in [0.4, 0.5) is 14.5 Å². The van der Waals surface area contributed by atoms with Crippen LogP contribution in [0.1, 0.15) is 37.3 Å². The van der Waals surface area contributed by atoms with Gasteiger partial charge >= 0.3 is 0 Å². The molecule has 226 valence electrons. The molecule has 4 aliphatic rings. The quantitative estimate of drug-likeness (QED) is 0.286. The fourth-order valence-electron chi connectivity index (χ4n) is 6.83. The number of nitrogens with zero attached hydrogens (tertiary/aromatic N) is 4. The number of nitriles is 1. The number of hydrogen-bond donors (Lipinski definition) is 2. The first-order chi connectivity index (χ1) is 20.8. The first kappa shape index (κ1) is 29.1. The summed E-state index contributed by atoms with van der Waals surface area (Å²) in [6.07, 6.45) is 4.50. The van der Waals surface area contributed by atoms with Crippen molar-refractivity contribution in [2.24, 2.45) is 0 Å². The van der Waals surface area contributed by atoms with Gasteiger partial charge in [0, 0.05) is 61.0 Å². The van der Waals surface area contributed by atoms with Crippen LogP contribution in [-0.4, -0.2) is 96.6 Å². The number of piperazine rings is 1. The molecule has 0 spiro atoms. The van der Waals surface area contributed by atoms with Crippen molar-refractivity contribution in [3.8, 4) is 22.9 Å². The maximum absolute atomic E-state index is 15.1. The number of amidine groups is 1. The highest BCUT2D eigenvalue weighted by atomic mass is 19.1. The van der Waals surface area contributed by atoms with E-state index in [4.69, 9.17) is 9.47 Å². The minimum Gasteiger partial charge on any atom is -0.489 e. The number of ether oxygens (including phenoxy) is 2. The van der Waals surface area contributed by atoms with Crippen molar-refractivity contribution in [2.45, 2.75) is 50.4 Å². The Bertz CT molecular complexity index is 1490. The Labute approximate surface area is 250 Å². The molecule has 6 rings (SSSR count). The third-order valence-electron chi connectivity index (χ3n) is 9.05. The molecule has 0 aliphatic carbocycles. The van der Waals surface area contributed by atoms with Crippen LogP contribution in [0, 0.1) is 28.4 Å². The van der Waals surface area contributed by atoms with E-state index in [1.165, 1.54) is 12.1 Å². The molecule has 43 heavy (non-hydrogen) atoms. The Balaban J connectivity index is 1.30. The third-order valence-corrected chi connectivity index (χ3v) is 9.05. The lowest BCUT2D eigenvalue weighted by Crippen LogP contribution is -2.55. The molecule has 9 nitrogen and oxygen atoms in total. The van der Waals surface area contributed by atoms with Crippen LogP contribution in [0.2, 0.25) is 0 Å². The second-order valence-electron chi connectivity index (χ2n) is 11.8. The Morgan fingerprint density at radius 3 is 2.77 bits per heavy atom. The molecule has 1 amide bonds. The summed E-state index contributed by atoms with van der Waals surface area (Å²) in [4.78, 5) is 18.3. The molecule has 0 aromatic heterocycles. The Morgan fingerprint density at radius 2 is 2.09 bits per heavy atom. The summed E-state index contributed by atoms with van der Waals surface area (Å²) in [5.74, 6) is -1.20. The lowest BCUT2D eigenvalue weighted by molar-refractivity contribution is -0.128. The molecular weight excluding hydrogens is 554 g/mol. The number of anilines is 1. The van der Waals surface area contributed by atoms with Gasteiger partial charge in [-0.3, -0.25) is 15.1 Å². The predicted octanol–water partition coefficient (Wildman–Crippen LogP) is 3.97. The van der Waals surface area contributed by atoms with Crippen molar-refractivity contribution in [1.82, 2.24) is 14.7 Å². The zero-order valence-corrected chi connectivity index (χ0v) is 24.2. The molecule has 4 atom stereocenters. The number of amides is 1. The van der Waals surface area contributed by atoms with Crippen LogP contribution in [-0.2, 0) is 9.53 Å². The van der Waals surface area contributed by atoms with Crippen LogP contribution in [0.3, 0.4) is 0 Å². The number of hydrogen-bond acceptors (Lipinski definition) is 7. The molecule has 3 fully saturated rings. The summed E-state index contributed by atoms with van der Waals surface area (Å²) in [6, 6.07) is 7.27. The molecule has 4 heterocycles. The van der Waals surface area contributed by atoms with E-state index >= 15 is 4.39 Å². The summed E-state index contributed by atoms with van der Waals surface area (Å²) in [5, 5.41) is 23.0. The average Bonchev–Trinajstić information content (AvgIpc) is 3.63. The van der Waals surface area contributed by atoms with Crippen molar-refractivity contribution in [2.75, 3.05) is 51.3 Å². The third kappa shape index (κ3) is 5.57. The van der Waals surface area contributed by atoms with E-state index in [0.717, 1.165) is 51.1 Å². The number of carbonyl (C=O) groups is 1. The zero-order valence-electron chi connectivity index (χ0n) is 24.2. The fourth-order valence-corrected chi connectivity index (χ4v) is 6.83. The number of halogens is 2. The molecule has 0 saturated carbocycles. The number of morpholine rings is 1. The van der Waals surface area contributed by atoms with Gasteiger partial charge in [0.1, 0.15) is 24.1 Å². The highest BCUT2D eigenvalue weighted by molar-refractivity contribution is 6.06. The predicted molar refractivity (Wildman–Crippen MR) is 158 cm³/mol. The van der Waals surface area contributed by atoms with Gasteiger partial charge in [0.25, 0.3) is 0 Å². The van der Waals surface area contributed by atoms with Gasteiger partial charge in [0.05, 0.1) is 36.1 Å². The molecule has 3 saturated heterocycles. The van der Waals surface area contributed by atoms with E-state index in [0.29, 0.717) is 49.6 Å². The molecule has 2 aromatic carbocycles. The Morgan fingerprint density at radius 1 is 1.26 bits per heavy atom. The fraction of sp³-hybridized carbons (Fsp3) is 0.469. The van der Waals surface area contributed by atoms with Crippen molar-refractivity contribution in [1.29, 1.82) is 10.7 Å². The van der Waals surface area contributed by atoms with Crippen molar-refractivity contribution in [3.63, 3.8) is 0 Å². The van der Waals surface area contributed by atoms with Crippen LogP contribution < -0.4 is 10.1 Å². The van der Waals surface area contributed by atoms with Gasteiger partial charge in [0.15, 0.2) is 5.75 Å². The number of carbonyl (C=O) groups excluding carboxylic acids is 1. The van der Waals surface area contributed by atoms with Gasteiger partial charge < -0.3 is 24.6 Å². The van der Waals surface area contributed by atoms with E-state index in [-0.39, 0.29) is 46.3 Å². The Kier molecular flexibility index (Phi) is 8.07. The van der Waals surface area contributed by atoms with Crippen LogP contribution in [0.15, 0.2) is 36.9 Å². The van der Waals surface area contributed by atoms with E-state index < -0.39 is 11.6 Å². The van der Waals surface area contributed by atoms with Gasteiger partial charge in [0.2, 0.25) is 5.91 Å². The highest BCUT2D eigenvalue weighted by Gasteiger charge is 2.39. The molecule has 2 bridgehead atoms. The summed E-state index contributed by atoms with van der Waals surface area (Å²) in [5.41, 5.74) is 1.41. The summed E-state index contributed by atoms with van der Waals surface area (Å²) in [6.45, 7) is 9.84. The summed E-state index contributed by atoms with van der Waals surface area (Å²) < 4.78 is 40.9. The minimum atomic E-state index is -0.798. The molecule has 2 aromatic rings. The van der Waals surface area contributed by atoms with Gasteiger partial charge in [-0.05, 0) is 57.0 Å². The first-order valence-corrected chi connectivity index (χ1v) is 14.9. The molecule has 2 N–H and O–H groups in total. The lowest BCUT2D eigenvalue weighted by atomic mass is 9.92. The van der Waals surface area contributed by atoms with Crippen LogP contribution >= 0.6 is 0 Å². The lowest BCUT2D eigenvalue weighted by Gasteiger charge is -2.41. The minimum absolute atomic E-state index is 0.0590.